The van der Waals surface area contributed by atoms with E-state index in [4.69, 9.17) is 16.3 Å². The van der Waals surface area contributed by atoms with Gasteiger partial charge in [-0.1, -0.05) is 23.7 Å². The maximum Gasteiger partial charge on any atom is 0.191 e. The van der Waals surface area contributed by atoms with Crippen molar-refractivity contribution in [1.29, 1.82) is 0 Å². The van der Waals surface area contributed by atoms with E-state index in [-0.39, 0.29) is 0 Å². The normalized spacial score (nSPS) is 14.9. The molecule has 0 atom stereocenters. The summed E-state index contributed by atoms with van der Waals surface area (Å²) in [4.78, 5) is 4.52. The zero-order valence-electron chi connectivity index (χ0n) is 13.3. The van der Waals surface area contributed by atoms with E-state index in [1.807, 2.05) is 12.1 Å². The first-order chi connectivity index (χ1) is 10.8. The van der Waals surface area contributed by atoms with Gasteiger partial charge in [-0.2, -0.15) is 0 Å². The van der Waals surface area contributed by atoms with E-state index in [2.05, 4.69) is 34.7 Å². The highest BCUT2D eigenvalue weighted by atomic mass is 35.5. The summed E-state index contributed by atoms with van der Waals surface area (Å²) >= 11 is 5.89. The van der Waals surface area contributed by atoms with Crippen molar-refractivity contribution in [2.24, 2.45) is 10.9 Å². The number of guanidine groups is 1. The Morgan fingerprint density at radius 1 is 1.27 bits per heavy atom. The Balaban J connectivity index is 1.64. The van der Waals surface area contributed by atoms with Gasteiger partial charge in [-0.25, -0.2) is 0 Å². The SMILES string of the molecule is CCNC(=NCCOCC1CC1)NCCc1ccc(Cl)cc1. The van der Waals surface area contributed by atoms with E-state index in [1.165, 1.54) is 18.4 Å². The predicted molar refractivity (Wildman–Crippen MR) is 92.7 cm³/mol. The molecule has 1 aliphatic rings. The number of halogens is 1. The Labute approximate surface area is 138 Å². The minimum atomic E-state index is 0.697. The quantitative estimate of drug-likeness (QED) is 0.417. The van der Waals surface area contributed by atoms with Crippen molar-refractivity contribution in [2.45, 2.75) is 26.2 Å². The lowest BCUT2D eigenvalue weighted by Gasteiger charge is -2.11. The number of nitrogens with zero attached hydrogens (tertiary/aromatic N) is 1. The molecular formula is C17H26ClN3O. The molecule has 22 heavy (non-hydrogen) atoms. The Morgan fingerprint density at radius 2 is 2.05 bits per heavy atom. The molecule has 0 radical (unpaired) electrons. The lowest BCUT2D eigenvalue weighted by molar-refractivity contribution is 0.131. The molecule has 0 aliphatic heterocycles. The van der Waals surface area contributed by atoms with E-state index < -0.39 is 0 Å². The Hall–Kier alpha value is -1.26. The third kappa shape index (κ3) is 7.14. The van der Waals surface area contributed by atoms with Gasteiger partial charge in [0.05, 0.1) is 13.2 Å². The number of rotatable bonds is 9. The highest BCUT2D eigenvalue weighted by Gasteiger charge is 2.20. The summed E-state index contributed by atoms with van der Waals surface area (Å²) in [5.41, 5.74) is 1.26. The molecule has 2 rings (SSSR count). The minimum absolute atomic E-state index is 0.697. The molecular weight excluding hydrogens is 298 g/mol. The molecule has 0 unspecified atom stereocenters. The average Bonchev–Trinajstić information content (AvgIpc) is 3.33. The van der Waals surface area contributed by atoms with Crippen molar-refractivity contribution in [1.82, 2.24) is 10.6 Å². The fourth-order valence-electron chi connectivity index (χ4n) is 2.07. The van der Waals surface area contributed by atoms with Gasteiger partial charge >= 0.3 is 0 Å². The van der Waals surface area contributed by atoms with Gasteiger partial charge in [0.2, 0.25) is 0 Å². The molecule has 0 bridgehead atoms. The molecule has 0 aromatic heterocycles. The van der Waals surface area contributed by atoms with Gasteiger partial charge in [-0.15, -0.1) is 0 Å². The van der Waals surface area contributed by atoms with Crippen LogP contribution in [0.15, 0.2) is 29.3 Å². The van der Waals surface area contributed by atoms with Crippen molar-refractivity contribution in [3.63, 3.8) is 0 Å². The van der Waals surface area contributed by atoms with Crippen LogP contribution in [0, 0.1) is 5.92 Å². The summed E-state index contributed by atoms with van der Waals surface area (Å²) in [5.74, 6) is 1.67. The summed E-state index contributed by atoms with van der Waals surface area (Å²) in [6.07, 6.45) is 3.61. The Kier molecular flexibility index (Phi) is 7.54. The highest BCUT2D eigenvalue weighted by Crippen LogP contribution is 2.28. The molecule has 1 aromatic carbocycles. The summed E-state index contributed by atoms with van der Waals surface area (Å²) < 4.78 is 5.60. The third-order valence-corrected chi connectivity index (χ3v) is 3.77. The highest BCUT2D eigenvalue weighted by molar-refractivity contribution is 6.30. The number of hydrogen-bond donors (Lipinski definition) is 2. The van der Waals surface area contributed by atoms with Crippen molar-refractivity contribution >= 4 is 17.6 Å². The topological polar surface area (TPSA) is 45.7 Å². The van der Waals surface area contributed by atoms with E-state index in [1.54, 1.807) is 0 Å². The number of benzene rings is 1. The van der Waals surface area contributed by atoms with Crippen molar-refractivity contribution in [3.05, 3.63) is 34.9 Å². The van der Waals surface area contributed by atoms with Crippen LogP contribution in [0.1, 0.15) is 25.3 Å². The van der Waals surface area contributed by atoms with E-state index in [0.717, 1.165) is 43.0 Å². The Morgan fingerprint density at radius 3 is 2.73 bits per heavy atom. The van der Waals surface area contributed by atoms with Crippen LogP contribution in [-0.4, -0.2) is 38.8 Å². The molecule has 1 aromatic rings. The zero-order valence-corrected chi connectivity index (χ0v) is 14.0. The molecule has 0 saturated heterocycles. The number of hydrogen-bond acceptors (Lipinski definition) is 2. The van der Waals surface area contributed by atoms with Crippen LogP contribution in [0.4, 0.5) is 0 Å². The number of nitrogens with one attached hydrogen (secondary N) is 2. The second kappa shape index (κ2) is 9.70. The minimum Gasteiger partial charge on any atom is -0.379 e. The molecule has 0 heterocycles. The summed E-state index contributed by atoms with van der Waals surface area (Å²) in [7, 11) is 0. The molecule has 4 nitrogen and oxygen atoms in total. The fraction of sp³-hybridized carbons (Fsp3) is 0.588. The average molecular weight is 324 g/mol. The standard InChI is InChI=1S/C17H26ClN3O/c1-2-19-17(21-11-12-22-13-15-3-4-15)20-10-9-14-5-7-16(18)8-6-14/h5-8,15H,2-4,9-13H2,1H3,(H2,19,20,21). The predicted octanol–water partition coefficient (Wildman–Crippen LogP) is 2.86. The van der Waals surface area contributed by atoms with E-state index in [0.29, 0.717) is 13.2 Å². The lowest BCUT2D eigenvalue weighted by Crippen LogP contribution is -2.38. The summed E-state index contributed by atoms with van der Waals surface area (Å²) in [6, 6.07) is 7.96. The molecule has 0 amide bonds. The Bertz CT molecular complexity index is 457. The summed E-state index contributed by atoms with van der Waals surface area (Å²) in [6.45, 7) is 6.06. The van der Waals surface area contributed by atoms with E-state index >= 15 is 0 Å². The lowest BCUT2D eigenvalue weighted by atomic mass is 10.1. The van der Waals surface area contributed by atoms with Crippen molar-refractivity contribution < 1.29 is 4.74 Å². The number of aliphatic imine (C=N–C) groups is 1. The zero-order chi connectivity index (χ0) is 15.6. The first-order valence-corrected chi connectivity index (χ1v) is 8.50. The maximum atomic E-state index is 5.89. The molecule has 2 N–H and O–H groups in total. The van der Waals surface area contributed by atoms with Gasteiger partial charge in [-0.05, 0) is 49.8 Å². The van der Waals surface area contributed by atoms with Crippen molar-refractivity contribution in [2.75, 3.05) is 32.8 Å². The van der Waals surface area contributed by atoms with Crippen LogP contribution in [0.25, 0.3) is 0 Å². The van der Waals surface area contributed by atoms with E-state index in [9.17, 15) is 0 Å². The third-order valence-electron chi connectivity index (χ3n) is 3.52. The van der Waals surface area contributed by atoms with Crippen LogP contribution in [0.5, 0.6) is 0 Å². The fourth-order valence-corrected chi connectivity index (χ4v) is 2.20. The van der Waals surface area contributed by atoms with Gasteiger partial charge in [0.25, 0.3) is 0 Å². The smallest absolute Gasteiger partial charge is 0.191 e. The molecule has 1 saturated carbocycles. The van der Waals surface area contributed by atoms with Crippen LogP contribution in [-0.2, 0) is 11.2 Å². The molecule has 0 spiro atoms. The first-order valence-electron chi connectivity index (χ1n) is 8.12. The first kappa shape index (κ1) is 17.1. The molecule has 1 aliphatic carbocycles. The van der Waals surface area contributed by atoms with Crippen molar-refractivity contribution in [3.8, 4) is 0 Å². The maximum absolute atomic E-state index is 5.89. The van der Waals surface area contributed by atoms with Gasteiger partial charge in [-0.3, -0.25) is 4.99 Å². The van der Waals surface area contributed by atoms with Crippen LogP contribution in [0.2, 0.25) is 5.02 Å². The second-order valence-corrected chi connectivity index (χ2v) is 6.02. The van der Waals surface area contributed by atoms with Gasteiger partial charge in [0.1, 0.15) is 0 Å². The molecule has 1 fully saturated rings. The van der Waals surface area contributed by atoms with Gasteiger partial charge < -0.3 is 15.4 Å². The monoisotopic (exact) mass is 323 g/mol. The summed E-state index contributed by atoms with van der Waals surface area (Å²) in [5, 5.41) is 7.37. The molecule has 122 valence electrons. The van der Waals surface area contributed by atoms with Gasteiger partial charge in [0.15, 0.2) is 5.96 Å². The van der Waals surface area contributed by atoms with Crippen LogP contribution < -0.4 is 10.6 Å². The van der Waals surface area contributed by atoms with Crippen LogP contribution in [0.3, 0.4) is 0 Å². The molecule has 5 heteroatoms. The largest absolute Gasteiger partial charge is 0.379 e. The van der Waals surface area contributed by atoms with Crippen LogP contribution >= 0.6 is 11.6 Å². The second-order valence-electron chi connectivity index (χ2n) is 5.58. The van der Waals surface area contributed by atoms with Gasteiger partial charge in [0, 0.05) is 24.7 Å². The number of ether oxygens (including phenoxy) is 1.